The maximum Gasteiger partial charge on any atom is 0.507 e. The summed E-state index contributed by atoms with van der Waals surface area (Å²) in [5.41, 5.74) is 0. The highest BCUT2D eigenvalue weighted by Crippen LogP contribution is 2.48. The van der Waals surface area contributed by atoms with Crippen molar-refractivity contribution in [2.45, 2.75) is 38.1 Å². The van der Waals surface area contributed by atoms with E-state index in [1.807, 2.05) is 0 Å². The minimum atomic E-state index is -4.70. The molecule has 1 heterocycles. The molecule has 3 nitrogen and oxygen atoms in total. The smallest absolute Gasteiger partial charge is 0.490 e. The molecule has 0 unspecified atom stereocenters. The molecule has 0 atom stereocenters. The van der Waals surface area contributed by atoms with E-state index in [0.29, 0.717) is 11.7 Å². The molecule has 1 aliphatic carbocycles. The van der Waals surface area contributed by atoms with Crippen molar-refractivity contribution in [2.24, 2.45) is 5.92 Å². The van der Waals surface area contributed by atoms with E-state index in [1.54, 1.807) is 0 Å². The Labute approximate surface area is 112 Å². The lowest BCUT2D eigenvalue weighted by Gasteiger charge is -2.34. The minimum Gasteiger partial charge on any atom is -0.490 e. The Morgan fingerprint density at radius 2 is 1.65 bits per heavy atom. The molecule has 0 N–H and O–H groups in total. The largest absolute Gasteiger partial charge is 0.507 e. The Balaban J connectivity index is 1.80. The second-order valence-electron chi connectivity index (χ2n) is 5.16. The van der Waals surface area contributed by atoms with Gasteiger partial charge in [0.25, 0.3) is 0 Å². The van der Waals surface area contributed by atoms with Crippen LogP contribution in [-0.2, 0) is 0 Å². The predicted molar refractivity (Wildman–Crippen MR) is 60.4 cm³/mol. The van der Waals surface area contributed by atoms with Gasteiger partial charge < -0.3 is 14.2 Å². The molecule has 2 aliphatic rings. The van der Waals surface area contributed by atoms with E-state index >= 15 is 0 Å². The van der Waals surface area contributed by atoms with Crippen LogP contribution in [0.1, 0.15) is 19.8 Å². The van der Waals surface area contributed by atoms with Gasteiger partial charge in [0.2, 0.25) is 0 Å². The molecule has 0 saturated heterocycles. The Hall–Kier alpha value is -1.66. The molecular formula is C13H12F4O3. The lowest BCUT2D eigenvalue weighted by Crippen LogP contribution is -2.52. The maximum atomic E-state index is 13.0. The number of alkyl halides is 4. The van der Waals surface area contributed by atoms with Crippen LogP contribution in [0.2, 0.25) is 0 Å². The summed E-state index contributed by atoms with van der Waals surface area (Å²) >= 11 is 0. The second-order valence-corrected chi connectivity index (χ2v) is 5.16. The number of hydrogen-bond donors (Lipinski definition) is 0. The molecule has 1 aromatic rings. The van der Waals surface area contributed by atoms with Crippen molar-refractivity contribution in [3.8, 4) is 17.2 Å². The molecule has 0 aromatic heterocycles. The van der Waals surface area contributed by atoms with E-state index in [0.717, 1.165) is 25.0 Å². The maximum absolute atomic E-state index is 13.0. The minimum absolute atomic E-state index is 0.0227. The topological polar surface area (TPSA) is 27.7 Å². The molecule has 1 fully saturated rings. The van der Waals surface area contributed by atoms with Gasteiger partial charge in [0.15, 0.2) is 11.5 Å². The zero-order chi connectivity index (χ0) is 14.5. The van der Waals surface area contributed by atoms with Crippen molar-refractivity contribution in [1.29, 1.82) is 0 Å². The normalized spacial score (nSPS) is 29.4. The van der Waals surface area contributed by atoms with E-state index in [-0.39, 0.29) is 6.10 Å². The number of fused-ring (bicyclic) bond motifs is 1. The van der Waals surface area contributed by atoms with Crippen molar-refractivity contribution < 1.29 is 31.8 Å². The van der Waals surface area contributed by atoms with Crippen LogP contribution < -0.4 is 14.2 Å². The van der Waals surface area contributed by atoms with Gasteiger partial charge in [-0.3, -0.25) is 0 Å². The Bertz CT molecular complexity index is 526. The van der Waals surface area contributed by atoms with Gasteiger partial charge in [-0.05, 0) is 30.9 Å². The molecule has 0 bridgehead atoms. The molecule has 1 aromatic carbocycles. The zero-order valence-corrected chi connectivity index (χ0v) is 10.5. The predicted octanol–water partition coefficient (Wildman–Crippen LogP) is 3.82. The van der Waals surface area contributed by atoms with Crippen molar-refractivity contribution in [3.05, 3.63) is 18.2 Å². The summed E-state index contributed by atoms with van der Waals surface area (Å²) in [6.45, 7) is 2.08. The molecule has 1 aliphatic heterocycles. The fourth-order valence-electron chi connectivity index (χ4n) is 2.24. The zero-order valence-electron chi connectivity index (χ0n) is 10.5. The Morgan fingerprint density at radius 1 is 1.05 bits per heavy atom. The van der Waals surface area contributed by atoms with E-state index in [1.165, 1.54) is 6.07 Å². The van der Waals surface area contributed by atoms with Crippen LogP contribution in [0.15, 0.2) is 18.2 Å². The summed E-state index contributed by atoms with van der Waals surface area (Å²) in [4.78, 5) is 0. The Morgan fingerprint density at radius 3 is 2.25 bits per heavy atom. The van der Waals surface area contributed by atoms with Crippen LogP contribution in [0.3, 0.4) is 0 Å². The van der Waals surface area contributed by atoms with Crippen LogP contribution in [0.4, 0.5) is 17.6 Å². The molecular weight excluding hydrogens is 280 g/mol. The fourth-order valence-corrected chi connectivity index (χ4v) is 2.24. The Kier molecular flexibility index (Phi) is 2.78. The van der Waals surface area contributed by atoms with Gasteiger partial charge in [0.05, 0.1) is 6.10 Å². The average Bonchev–Trinajstić information content (AvgIpc) is 2.28. The van der Waals surface area contributed by atoms with Crippen molar-refractivity contribution in [1.82, 2.24) is 0 Å². The highest BCUT2D eigenvalue weighted by Gasteiger charge is 2.65. The molecule has 110 valence electrons. The number of halogens is 4. The van der Waals surface area contributed by atoms with E-state index < -0.39 is 23.7 Å². The van der Waals surface area contributed by atoms with Crippen LogP contribution >= 0.6 is 0 Å². The number of benzene rings is 1. The molecule has 0 spiro atoms. The number of ether oxygens (including phenoxy) is 3. The van der Waals surface area contributed by atoms with Crippen molar-refractivity contribution >= 4 is 0 Å². The lowest BCUT2D eigenvalue weighted by atomic mass is 9.84. The average molecular weight is 292 g/mol. The van der Waals surface area contributed by atoms with Crippen LogP contribution in [-0.4, -0.2) is 18.3 Å². The van der Waals surface area contributed by atoms with Crippen LogP contribution in [0, 0.1) is 5.92 Å². The molecule has 1 saturated carbocycles. The summed E-state index contributed by atoms with van der Waals surface area (Å²) in [6.07, 6.45) is -7.62. The van der Waals surface area contributed by atoms with Gasteiger partial charge in [-0.2, -0.15) is 17.6 Å². The van der Waals surface area contributed by atoms with Gasteiger partial charge in [-0.25, -0.2) is 0 Å². The first kappa shape index (κ1) is 13.3. The summed E-state index contributed by atoms with van der Waals surface area (Å²) in [5.74, 6) is -0.0217. The van der Waals surface area contributed by atoms with Gasteiger partial charge in [-0.15, -0.1) is 0 Å². The first-order valence-corrected chi connectivity index (χ1v) is 6.21. The SMILES string of the molecule is CC1CC(Oc2ccc3c(c2)OC(F)(F)C(F)(F)O3)C1. The van der Waals surface area contributed by atoms with E-state index in [2.05, 4.69) is 16.4 Å². The van der Waals surface area contributed by atoms with Gasteiger partial charge in [0, 0.05) is 6.07 Å². The highest BCUT2D eigenvalue weighted by atomic mass is 19.3. The molecule has 7 heteroatoms. The lowest BCUT2D eigenvalue weighted by molar-refractivity contribution is -0.391. The highest BCUT2D eigenvalue weighted by molar-refractivity contribution is 5.47. The monoisotopic (exact) mass is 292 g/mol. The second kappa shape index (κ2) is 4.17. The standard InChI is InChI=1S/C13H12F4O3/c1-7-4-9(5-7)18-8-2-3-10-11(6-8)20-13(16,17)12(14,15)19-10/h2-3,6-7,9H,4-5H2,1H3. The van der Waals surface area contributed by atoms with Crippen LogP contribution in [0.25, 0.3) is 0 Å². The number of hydrogen-bond acceptors (Lipinski definition) is 3. The summed E-state index contributed by atoms with van der Waals surface area (Å²) in [7, 11) is 0. The first-order valence-electron chi connectivity index (χ1n) is 6.21. The third-order valence-corrected chi connectivity index (χ3v) is 3.36. The van der Waals surface area contributed by atoms with E-state index in [4.69, 9.17) is 4.74 Å². The van der Waals surface area contributed by atoms with E-state index in [9.17, 15) is 17.6 Å². The van der Waals surface area contributed by atoms with Crippen molar-refractivity contribution in [3.63, 3.8) is 0 Å². The molecule has 0 radical (unpaired) electrons. The summed E-state index contributed by atoms with van der Waals surface area (Å²) in [6, 6.07) is 3.67. The molecule has 3 rings (SSSR count). The van der Waals surface area contributed by atoms with Gasteiger partial charge in [-0.1, -0.05) is 6.92 Å². The fraction of sp³-hybridized carbons (Fsp3) is 0.538. The van der Waals surface area contributed by atoms with Gasteiger partial charge >= 0.3 is 12.2 Å². The van der Waals surface area contributed by atoms with Crippen LogP contribution in [0.5, 0.6) is 17.2 Å². The third kappa shape index (κ3) is 2.14. The molecule has 20 heavy (non-hydrogen) atoms. The first-order chi connectivity index (χ1) is 9.27. The summed E-state index contributed by atoms with van der Waals surface area (Å²) in [5, 5.41) is 0. The third-order valence-electron chi connectivity index (χ3n) is 3.36. The van der Waals surface area contributed by atoms with Gasteiger partial charge in [0.1, 0.15) is 5.75 Å². The quantitative estimate of drug-likeness (QED) is 0.776. The van der Waals surface area contributed by atoms with Crippen molar-refractivity contribution in [2.75, 3.05) is 0 Å². The number of rotatable bonds is 2. The molecule has 0 amide bonds. The summed E-state index contributed by atoms with van der Waals surface area (Å²) < 4.78 is 65.6.